The van der Waals surface area contributed by atoms with Gasteiger partial charge in [-0.1, -0.05) is 11.6 Å². The fourth-order valence-corrected chi connectivity index (χ4v) is 3.78. The Morgan fingerprint density at radius 3 is 2.35 bits per heavy atom. The number of nitrogens with two attached hydrogens (primary N) is 1. The molecule has 3 amide bonds. The topological polar surface area (TPSA) is 105 Å². The number of hydrogen-bond donors (Lipinski definition) is 3. The van der Waals surface area contributed by atoms with Crippen molar-refractivity contribution in [2.75, 3.05) is 17.2 Å². The lowest BCUT2D eigenvalue weighted by Crippen LogP contribution is -2.41. The molecule has 34 heavy (non-hydrogen) atoms. The Morgan fingerprint density at radius 1 is 1.06 bits per heavy atom. The number of primary amides is 1. The van der Waals surface area contributed by atoms with E-state index in [1.165, 1.54) is 46.6 Å². The van der Waals surface area contributed by atoms with E-state index in [0.29, 0.717) is 11.3 Å². The minimum atomic E-state index is -4.57. The maximum Gasteiger partial charge on any atom is 0.482 e. The lowest BCUT2D eigenvalue weighted by atomic mass is 10.0. The van der Waals surface area contributed by atoms with E-state index in [1.807, 2.05) is 0 Å². The Hall–Kier alpha value is -3.80. The summed E-state index contributed by atoms with van der Waals surface area (Å²) in [6, 6.07) is 8.39. The van der Waals surface area contributed by atoms with Crippen molar-refractivity contribution in [3.05, 3.63) is 64.6 Å². The Labute approximate surface area is 195 Å². The minimum Gasteiger partial charge on any atom is -0.365 e. The van der Waals surface area contributed by atoms with Crippen LogP contribution in [-0.2, 0) is 13.1 Å². The number of rotatable bonds is 4. The summed E-state index contributed by atoms with van der Waals surface area (Å²) in [5.41, 5.74) is 6.80. The largest absolute Gasteiger partial charge is 0.482 e. The Kier molecular flexibility index (Phi) is 6.09. The molecule has 0 bridgehead atoms. The van der Waals surface area contributed by atoms with Crippen molar-refractivity contribution >= 4 is 34.9 Å². The number of carbonyl (C=O) groups is 2. The predicted octanol–water partition coefficient (Wildman–Crippen LogP) is 4.42. The molecule has 13 heteroatoms. The molecular weight excluding hydrogens is 480 g/mol. The first-order chi connectivity index (χ1) is 16.0. The average Bonchev–Trinajstić information content (AvgIpc) is 3.15. The first-order valence-corrected chi connectivity index (χ1v) is 10.3. The van der Waals surface area contributed by atoms with Crippen LogP contribution >= 0.6 is 11.6 Å². The van der Waals surface area contributed by atoms with Crippen LogP contribution < -0.4 is 16.4 Å². The van der Waals surface area contributed by atoms with Gasteiger partial charge in [-0.3, -0.25) is 14.8 Å². The fourth-order valence-electron chi connectivity index (χ4n) is 3.60. The van der Waals surface area contributed by atoms with Gasteiger partial charge in [-0.05, 0) is 42.5 Å². The van der Waals surface area contributed by atoms with Gasteiger partial charge < -0.3 is 16.0 Å². The number of aromatic nitrogens is 2. The van der Waals surface area contributed by atoms with E-state index in [-0.39, 0.29) is 47.3 Å². The van der Waals surface area contributed by atoms with Gasteiger partial charge in [0.1, 0.15) is 11.5 Å². The number of urea groups is 1. The summed E-state index contributed by atoms with van der Waals surface area (Å²) in [6.07, 6.45) is -4.57. The zero-order valence-corrected chi connectivity index (χ0v) is 18.0. The SMILES string of the molecule is NC(=O)c1c(-c2ccc(F)c(Cl)c2)nn2c1CN(C(=O)Nc1ccc(NC(F)(F)F)cc1)CC2. The van der Waals surface area contributed by atoms with Crippen LogP contribution in [0.5, 0.6) is 0 Å². The van der Waals surface area contributed by atoms with Gasteiger partial charge in [0, 0.05) is 23.5 Å². The molecule has 4 N–H and O–H groups in total. The molecule has 0 fully saturated rings. The van der Waals surface area contributed by atoms with Gasteiger partial charge >= 0.3 is 12.3 Å². The molecule has 1 aliphatic heterocycles. The summed E-state index contributed by atoms with van der Waals surface area (Å²) in [7, 11) is 0. The number of amides is 3. The first kappa shape index (κ1) is 23.4. The number of benzene rings is 2. The van der Waals surface area contributed by atoms with Crippen molar-refractivity contribution in [3.63, 3.8) is 0 Å². The Morgan fingerprint density at radius 2 is 1.74 bits per heavy atom. The molecule has 0 unspecified atom stereocenters. The second-order valence-corrected chi connectivity index (χ2v) is 7.85. The highest BCUT2D eigenvalue weighted by Gasteiger charge is 2.30. The smallest absolute Gasteiger partial charge is 0.365 e. The van der Waals surface area contributed by atoms with Crippen LogP contribution in [0.2, 0.25) is 5.02 Å². The standard InChI is InChI=1S/C21H17ClF4N6O2/c22-14-9-11(1-6-15(14)23)18-17(19(27)33)16-10-31(7-8-32(16)30-18)20(34)28-12-2-4-13(5-3-12)29-21(24,25)26/h1-6,9,29H,7-8,10H2,(H2,27,33)(H,28,34). The molecule has 1 aliphatic rings. The van der Waals surface area contributed by atoms with Crippen LogP contribution in [0.15, 0.2) is 42.5 Å². The van der Waals surface area contributed by atoms with E-state index in [2.05, 4.69) is 10.4 Å². The molecule has 0 radical (unpaired) electrons. The zero-order chi connectivity index (χ0) is 24.6. The van der Waals surface area contributed by atoms with Crippen LogP contribution in [0.4, 0.5) is 33.7 Å². The van der Waals surface area contributed by atoms with E-state index in [9.17, 15) is 27.2 Å². The Balaban J connectivity index is 1.53. The van der Waals surface area contributed by atoms with Crippen molar-refractivity contribution in [3.8, 4) is 11.3 Å². The van der Waals surface area contributed by atoms with Gasteiger partial charge in [-0.2, -0.15) is 18.3 Å². The second-order valence-electron chi connectivity index (χ2n) is 7.44. The number of halogens is 5. The van der Waals surface area contributed by atoms with Crippen molar-refractivity contribution in [1.82, 2.24) is 14.7 Å². The van der Waals surface area contributed by atoms with Gasteiger partial charge in [0.2, 0.25) is 0 Å². The molecule has 0 aliphatic carbocycles. The molecule has 4 rings (SSSR count). The van der Waals surface area contributed by atoms with Gasteiger partial charge in [0.05, 0.1) is 29.4 Å². The predicted molar refractivity (Wildman–Crippen MR) is 117 cm³/mol. The van der Waals surface area contributed by atoms with Gasteiger partial charge in [0.25, 0.3) is 5.91 Å². The summed E-state index contributed by atoms with van der Waals surface area (Å²) >= 11 is 5.86. The van der Waals surface area contributed by atoms with Crippen molar-refractivity contribution in [2.24, 2.45) is 5.73 Å². The third-order valence-corrected chi connectivity index (χ3v) is 5.42. The molecular formula is C21H17ClF4N6O2. The van der Waals surface area contributed by atoms with Crippen LogP contribution in [0.1, 0.15) is 16.1 Å². The van der Waals surface area contributed by atoms with Crippen LogP contribution in [-0.4, -0.2) is 39.5 Å². The van der Waals surface area contributed by atoms with Crippen LogP contribution in [0.25, 0.3) is 11.3 Å². The van der Waals surface area contributed by atoms with Gasteiger partial charge in [-0.15, -0.1) is 0 Å². The molecule has 178 valence electrons. The molecule has 0 spiro atoms. The minimum absolute atomic E-state index is 0.000252. The maximum atomic E-state index is 13.6. The fraction of sp³-hybridized carbons (Fsp3) is 0.190. The molecule has 0 atom stereocenters. The normalized spacial score (nSPS) is 13.4. The lowest BCUT2D eigenvalue weighted by Gasteiger charge is -2.28. The summed E-state index contributed by atoms with van der Waals surface area (Å²) in [5.74, 6) is -1.40. The summed E-state index contributed by atoms with van der Waals surface area (Å²) in [4.78, 5) is 26.4. The highest BCUT2D eigenvalue weighted by atomic mass is 35.5. The quantitative estimate of drug-likeness (QED) is 0.367. The second kappa shape index (κ2) is 8.86. The van der Waals surface area contributed by atoms with E-state index in [0.717, 1.165) is 6.07 Å². The van der Waals surface area contributed by atoms with Crippen molar-refractivity contribution in [1.29, 1.82) is 0 Å². The third-order valence-electron chi connectivity index (χ3n) is 5.13. The highest BCUT2D eigenvalue weighted by Crippen LogP contribution is 2.31. The highest BCUT2D eigenvalue weighted by molar-refractivity contribution is 6.31. The molecule has 0 saturated carbocycles. The molecule has 3 aromatic rings. The number of nitrogens with zero attached hydrogens (tertiary/aromatic N) is 3. The van der Waals surface area contributed by atoms with E-state index >= 15 is 0 Å². The van der Waals surface area contributed by atoms with Crippen LogP contribution in [0.3, 0.4) is 0 Å². The number of carbonyl (C=O) groups excluding carboxylic acids is 2. The Bertz CT molecular complexity index is 1260. The zero-order valence-electron chi connectivity index (χ0n) is 17.3. The first-order valence-electron chi connectivity index (χ1n) is 9.87. The molecule has 2 aromatic carbocycles. The average molecular weight is 497 g/mol. The van der Waals surface area contributed by atoms with Crippen molar-refractivity contribution < 1.29 is 27.2 Å². The van der Waals surface area contributed by atoms with Gasteiger partial charge in [0.15, 0.2) is 0 Å². The monoisotopic (exact) mass is 496 g/mol. The molecule has 0 saturated heterocycles. The third kappa shape index (κ3) is 4.91. The summed E-state index contributed by atoms with van der Waals surface area (Å²) < 4.78 is 52.3. The molecule has 2 heterocycles. The molecule has 1 aromatic heterocycles. The maximum absolute atomic E-state index is 13.6. The number of anilines is 2. The summed E-state index contributed by atoms with van der Waals surface area (Å²) in [6.45, 7) is 0.502. The van der Waals surface area contributed by atoms with E-state index in [1.54, 1.807) is 4.68 Å². The van der Waals surface area contributed by atoms with Crippen molar-refractivity contribution in [2.45, 2.75) is 19.4 Å². The number of fused-ring (bicyclic) bond motifs is 1. The lowest BCUT2D eigenvalue weighted by molar-refractivity contribution is -0.0999. The summed E-state index contributed by atoms with van der Waals surface area (Å²) in [5, 5.41) is 8.24. The number of hydrogen-bond acceptors (Lipinski definition) is 4. The van der Waals surface area contributed by atoms with E-state index in [4.69, 9.17) is 17.3 Å². The van der Waals surface area contributed by atoms with E-state index < -0.39 is 24.1 Å². The van der Waals surface area contributed by atoms with Gasteiger partial charge in [-0.25, -0.2) is 9.18 Å². The number of alkyl halides is 3. The number of nitrogens with one attached hydrogen (secondary N) is 2. The van der Waals surface area contributed by atoms with Crippen LogP contribution in [0, 0.1) is 5.82 Å². The molecule has 8 nitrogen and oxygen atoms in total.